The monoisotopic (exact) mass is 466 g/mol. The van der Waals surface area contributed by atoms with Crippen LogP contribution in [0.2, 0.25) is 5.02 Å². The van der Waals surface area contributed by atoms with E-state index in [-0.39, 0.29) is 30.1 Å². The van der Waals surface area contributed by atoms with E-state index in [4.69, 9.17) is 16.3 Å². The van der Waals surface area contributed by atoms with E-state index < -0.39 is 0 Å². The van der Waals surface area contributed by atoms with Gasteiger partial charge in [-0.1, -0.05) is 11.6 Å². The first-order valence-corrected chi connectivity index (χ1v) is 8.50. The Hall–Kier alpha value is -0.730. The first kappa shape index (κ1) is 21.3. The summed E-state index contributed by atoms with van der Waals surface area (Å²) in [6, 6.07) is 7.41. The van der Waals surface area contributed by atoms with Crippen LogP contribution >= 0.6 is 35.6 Å². The molecule has 0 saturated carbocycles. The molecule has 7 heteroatoms. The van der Waals surface area contributed by atoms with Crippen molar-refractivity contribution in [1.29, 1.82) is 0 Å². The van der Waals surface area contributed by atoms with Gasteiger partial charge in [0.25, 0.3) is 0 Å². The topological polar surface area (TPSA) is 48.9 Å². The van der Waals surface area contributed by atoms with E-state index in [0.717, 1.165) is 24.8 Å². The highest BCUT2D eigenvalue weighted by molar-refractivity contribution is 14.0. The molecule has 2 unspecified atom stereocenters. The second-order valence-corrected chi connectivity index (χ2v) is 6.57. The lowest BCUT2D eigenvalue weighted by molar-refractivity contribution is 0.224. The normalized spacial score (nSPS) is 19.5. The zero-order valence-corrected chi connectivity index (χ0v) is 17.7. The van der Waals surface area contributed by atoms with Crippen molar-refractivity contribution in [2.24, 2.45) is 10.9 Å². The van der Waals surface area contributed by atoms with Crippen molar-refractivity contribution < 1.29 is 4.74 Å². The fraction of sp³-hybridized carbons (Fsp3) is 0.588. The summed E-state index contributed by atoms with van der Waals surface area (Å²) < 4.78 is 5.85. The van der Waals surface area contributed by atoms with Gasteiger partial charge >= 0.3 is 0 Å². The van der Waals surface area contributed by atoms with Gasteiger partial charge in [0.15, 0.2) is 5.96 Å². The quantitative estimate of drug-likeness (QED) is 0.385. The molecule has 2 atom stereocenters. The number of rotatable bonds is 6. The van der Waals surface area contributed by atoms with Crippen LogP contribution in [0.15, 0.2) is 29.3 Å². The van der Waals surface area contributed by atoms with Gasteiger partial charge in [0.05, 0.1) is 6.54 Å². The number of halogens is 2. The number of nitrogens with one attached hydrogen (secondary N) is 2. The molecule has 0 radical (unpaired) electrons. The van der Waals surface area contributed by atoms with E-state index in [1.54, 1.807) is 7.05 Å². The maximum absolute atomic E-state index is 5.87. The van der Waals surface area contributed by atoms with Gasteiger partial charge in [0.2, 0.25) is 0 Å². The van der Waals surface area contributed by atoms with Crippen molar-refractivity contribution in [3.05, 3.63) is 29.3 Å². The van der Waals surface area contributed by atoms with Gasteiger partial charge in [-0.05, 0) is 57.1 Å². The number of ether oxygens (including phenoxy) is 1. The summed E-state index contributed by atoms with van der Waals surface area (Å²) in [5, 5.41) is 7.42. The standard InChI is InChI=1S/C17H27ClN4O.HI/c1-13(23-16-6-4-15(18)5-7-16)10-20-17(19-2)21-11-14-8-9-22(3)12-14;/h4-7,13-14H,8-12H2,1-3H3,(H2,19,20,21);1H. The van der Waals surface area contributed by atoms with Gasteiger partial charge in [0.1, 0.15) is 11.9 Å². The van der Waals surface area contributed by atoms with Crippen molar-refractivity contribution >= 4 is 41.5 Å². The van der Waals surface area contributed by atoms with Gasteiger partial charge in [-0.15, -0.1) is 24.0 Å². The molecule has 1 aromatic rings. The van der Waals surface area contributed by atoms with Gasteiger partial charge in [-0.3, -0.25) is 4.99 Å². The second kappa shape index (κ2) is 11.0. The van der Waals surface area contributed by atoms with Crippen LogP contribution in [0, 0.1) is 5.92 Å². The van der Waals surface area contributed by atoms with Gasteiger partial charge < -0.3 is 20.3 Å². The smallest absolute Gasteiger partial charge is 0.191 e. The number of nitrogens with zero attached hydrogens (tertiary/aromatic N) is 2. The Kier molecular flexibility index (Phi) is 9.76. The van der Waals surface area contributed by atoms with E-state index in [0.29, 0.717) is 17.5 Å². The van der Waals surface area contributed by atoms with Gasteiger partial charge in [-0.2, -0.15) is 0 Å². The van der Waals surface area contributed by atoms with E-state index in [1.807, 2.05) is 31.2 Å². The number of benzene rings is 1. The predicted molar refractivity (Wildman–Crippen MR) is 112 cm³/mol. The summed E-state index contributed by atoms with van der Waals surface area (Å²) in [4.78, 5) is 6.63. The second-order valence-electron chi connectivity index (χ2n) is 6.13. The van der Waals surface area contributed by atoms with Gasteiger partial charge in [-0.25, -0.2) is 0 Å². The lowest BCUT2D eigenvalue weighted by Gasteiger charge is -2.19. The minimum absolute atomic E-state index is 0. The molecule has 1 aromatic carbocycles. The lowest BCUT2D eigenvalue weighted by Crippen LogP contribution is -2.43. The molecule has 1 saturated heterocycles. The van der Waals surface area contributed by atoms with Crippen LogP contribution in [0.4, 0.5) is 0 Å². The Balaban J connectivity index is 0.00000288. The zero-order valence-electron chi connectivity index (χ0n) is 14.6. The maximum atomic E-state index is 5.87. The number of hydrogen-bond donors (Lipinski definition) is 2. The zero-order chi connectivity index (χ0) is 16.7. The number of aliphatic imine (C=N–C) groups is 1. The Morgan fingerprint density at radius 3 is 2.67 bits per heavy atom. The number of likely N-dealkylation sites (tertiary alicyclic amines) is 1. The summed E-state index contributed by atoms with van der Waals surface area (Å²) in [7, 11) is 3.96. The molecule has 1 aliphatic heterocycles. The lowest BCUT2D eigenvalue weighted by atomic mass is 10.1. The highest BCUT2D eigenvalue weighted by atomic mass is 127. The maximum Gasteiger partial charge on any atom is 0.191 e. The highest BCUT2D eigenvalue weighted by Gasteiger charge is 2.19. The van der Waals surface area contributed by atoms with Crippen LogP contribution in [-0.2, 0) is 0 Å². The summed E-state index contributed by atoms with van der Waals surface area (Å²) in [5.74, 6) is 2.34. The van der Waals surface area contributed by atoms with E-state index in [2.05, 4.69) is 27.6 Å². The van der Waals surface area contributed by atoms with Crippen LogP contribution in [-0.4, -0.2) is 57.2 Å². The third-order valence-electron chi connectivity index (χ3n) is 3.98. The largest absolute Gasteiger partial charge is 0.489 e. The summed E-state index contributed by atoms with van der Waals surface area (Å²) in [6.07, 6.45) is 1.28. The molecule has 1 fully saturated rings. The van der Waals surface area contributed by atoms with E-state index in [1.165, 1.54) is 13.0 Å². The molecule has 0 bridgehead atoms. The molecule has 0 spiro atoms. The molecule has 24 heavy (non-hydrogen) atoms. The van der Waals surface area contributed by atoms with Crippen molar-refractivity contribution in [2.45, 2.75) is 19.4 Å². The highest BCUT2D eigenvalue weighted by Crippen LogP contribution is 2.16. The van der Waals surface area contributed by atoms with Crippen LogP contribution in [0.25, 0.3) is 0 Å². The van der Waals surface area contributed by atoms with Crippen LogP contribution < -0.4 is 15.4 Å². The Morgan fingerprint density at radius 1 is 1.38 bits per heavy atom. The third-order valence-corrected chi connectivity index (χ3v) is 4.23. The van der Waals surface area contributed by atoms with Crippen LogP contribution in [0.1, 0.15) is 13.3 Å². The van der Waals surface area contributed by atoms with Crippen molar-refractivity contribution in [1.82, 2.24) is 15.5 Å². The minimum atomic E-state index is 0. The van der Waals surface area contributed by atoms with Crippen molar-refractivity contribution in [3.63, 3.8) is 0 Å². The molecule has 5 nitrogen and oxygen atoms in total. The SMILES string of the molecule is CN=C(NCC1CCN(C)C1)NCC(C)Oc1ccc(Cl)cc1.I. The first-order valence-electron chi connectivity index (χ1n) is 8.12. The number of guanidine groups is 1. The van der Waals surface area contributed by atoms with Crippen molar-refractivity contribution in [3.8, 4) is 5.75 Å². The Bertz CT molecular complexity index is 512. The molecule has 136 valence electrons. The molecule has 1 heterocycles. The predicted octanol–water partition coefficient (Wildman–Crippen LogP) is 2.84. The molecule has 2 rings (SSSR count). The fourth-order valence-electron chi connectivity index (χ4n) is 2.68. The minimum Gasteiger partial charge on any atom is -0.489 e. The Morgan fingerprint density at radius 2 is 2.08 bits per heavy atom. The van der Waals surface area contributed by atoms with Crippen LogP contribution in [0.5, 0.6) is 5.75 Å². The molecular weight excluding hydrogens is 439 g/mol. The Labute approximate surface area is 167 Å². The summed E-state index contributed by atoms with van der Waals surface area (Å²) in [5.41, 5.74) is 0. The molecule has 1 aliphatic rings. The first-order chi connectivity index (χ1) is 11.1. The molecular formula is C17H28ClIN4O. The van der Waals surface area contributed by atoms with Gasteiger partial charge in [0, 0.05) is 25.2 Å². The average Bonchev–Trinajstić information content (AvgIpc) is 2.95. The van der Waals surface area contributed by atoms with Crippen LogP contribution in [0.3, 0.4) is 0 Å². The average molecular weight is 467 g/mol. The fourth-order valence-corrected chi connectivity index (χ4v) is 2.81. The third kappa shape index (κ3) is 7.44. The summed E-state index contributed by atoms with van der Waals surface area (Å²) in [6.45, 7) is 6.01. The molecule has 0 amide bonds. The van der Waals surface area contributed by atoms with Crippen molar-refractivity contribution in [2.75, 3.05) is 40.3 Å². The van der Waals surface area contributed by atoms with E-state index >= 15 is 0 Å². The molecule has 0 aliphatic carbocycles. The number of hydrogen-bond acceptors (Lipinski definition) is 3. The molecule has 2 N–H and O–H groups in total. The summed E-state index contributed by atoms with van der Waals surface area (Å²) >= 11 is 5.87. The molecule has 0 aromatic heterocycles. The van der Waals surface area contributed by atoms with E-state index in [9.17, 15) is 0 Å².